The third kappa shape index (κ3) is 2.43. The highest BCUT2D eigenvalue weighted by Crippen LogP contribution is 2.33. The van der Waals surface area contributed by atoms with Crippen molar-refractivity contribution in [2.45, 2.75) is 19.8 Å². The topological polar surface area (TPSA) is 21.3 Å². The Hall–Kier alpha value is -1.96. The van der Waals surface area contributed by atoms with E-state index < -0.39 is 0 Å². The van der Waals surface area contributed by atoms with Gasteiger partial charge >= 0.3 is 0 Å². The zero-order valence-electron chi connectivity index (χ0n) is 11.4. The molecule has 2 aromatic rings. The highest BCUT2D eigenvalue weighted by Gasteiger charge is 2.23. The van der Waals surface area contributed by atoms with Gasteiger partial charge in [-0.15, -0.1) is 0 Å². The maximum atomic E-state index is 5.71. The van der Waals surface area contributed by atoms with Crippen molar-refractivity contribution in [1.29, 1.82) is 0 Å². The van der Waals surface area contributed by atoms with Crippen LogP contribution in [0.1, 0.15) is 22.6 Å². The molecule has 0 bridgehead atoms. The van der Waals surface area contributed by atoms with E-state index in [1.165, 1.54) is 22.4 Å². The van der Waals surface area contributed by atoms with Crippen LogP contribution in [0.4, 0.5) is 5.69 Å². The minimum atomic E-state index is 0.442. The molecule has 1 aliphatic heterocycles. The summed E-state index contributed by atoms with van der Waals surface area (Å²) in [4.78, 5) is 0. The summed E-state index contributed by atoms with van der Waals surface area (Å²) in [5.74, 6) is 1.48. The lowest BCUT2D eigenvalue weighted by molar-refractivity contribution is 0.334. The second kappa shape index (κ2) is 4.96. The summed E-state index contributed by atoms with van der Waals surface area (Å²) in [6.07, 6.45) is 0. The van der Waals surface area contributed by atoms with Crippen LogP contribution in [0.15, 0.2) is 42.5 Å². The molecule has 3 rings (SSSR count). The lowest BCUT2D eigenvalue weighted by Crippen LogP contribution is -2.14. The third-order valence-corrected chi connectivity index (χ3v) is 3.72. The van der Waals surface area contributed by atoms with Crippen molar-refractivity contribution in [3.63, 3.8) is 0 Å². The molecule has 1 N–H and O–H groups in total. The SMILES string of the molecule is Cc1ccc(NCC2COc3ccccc32)c(C)c1. The van der Waals surface area contributed by atoms with E-state index in [1.807, 2.05) is 12.1 Å². The molecule has 0 amide bonds. The van der Waals surface area contributed by atoms with Crippen molar-refractivity contribution in [2.75, 3.05) is 18.5 Å². The largest absolute Gasteiger partial charge is 0.493 e. The van der Waals surface area contributed by atoms with Crippen LogP contribution in [-0.4, -0.2) is 13.2 Å². The number of ether oxygens (including phenoxy) is 1. The van der Waals surface area contributed by atoms with Crippen molar-refractivity contribution in [1.82, 2.24) is 0 Å². The van der Waals surface area contributed by atoms with Gasteiger partial charge in [-0.3, -0.25) is 0 Å². The second-order valence-corrected chi connectivity index (χ2v) is 5.25. The number of anilines is 1. The van der Waals surface area contributed by atoms with Crippen LogP contribution in [-0.2, 0) is 0 Å². The van der Waals surface area contributed by atoms with E-state index in [9.17, 15) is 0 Å². The Morgan fingerprint density at radius 1 is 1.16 bits per heavy atom. The highest BCUT2D eigenvalue weighted by atomic mass is 16.5. The molecule has 0 aromatic heterocycles. The molecule has 0 saturated heterocycles. The summed E-state index contributed by atoms with van der Waals surface area (Å²) in [6, 6.07) is 14.8. The van der Waals surface area contributed by atoms with Crippen molar-refractivity contribution in [3.05, 3.63) is 59.2 Å². The van der Waals surface area contributed by atoms with Gasteiger partial charge in [0, 0.05) is 23.7 Å². The molecule has 1 atom stereocenters. The van der Waals surface area contributed by atoms with Crippen LogP contribution < -0.4 is 10.1 Å². The minimum Gasteiger partial charge on any atom is -0.493 e. The number of fused-ring (bicyclic) bond motifs is 1. The normalized spacial score (nSPS) is 16.8. The monoisotopic (exact) mass is 253 g/mol. The zero-order valence-corrected chi connectivity index (χ0v) is 11.4. The van der Waals surface area contributed by atoms with Crippen molar-refractivity contribution >= 4 is 5.69 Å². The predicted octanol–water partition coefficient (Wildman–Crippen LogP) is 3.89. The Morgan fingerprint density at radius 3 is 2.84 bits per heavy atom. The van der Waals surface area contributed by atoms with Crippen LogP contribution in [0.5, 0.6) is 5.75 Å². The van der Waals surface area contributed by atoms with E-state index in [-0.39, 0.29) is 0 Å². The zero-order chi connectivity index (χ0) is 13.2. The second-order valence-electron chi connectivity index (χ2n) is 5.25. The van der Waals surface area contributed by atoms with Gasteiger partial charge in [0.05, 0.1) is 6.61 Å². The Balaban J connectivity index is 1.71. The van der Waals surface area contributed by atoms with Gasteiger partial charge in [0.1, 0.15) is 5.75 Å². The Labute approximate surface area is 114 Å². The first kappa shape index (κ1) is 12.1. The number of benzene rings is 2. The predicted molar refractivity (Wildman–Crippen MR) is 79.1 cm³/mol. The van der Waals surface area contributed by atoms with Gasteiger partial charge in [-0.05, 0) is 31.5 Å². The first-order valence-electron chi connectivity index (χ1n) is 6.77. The maximum absolute atomic E-state index is 5.71. The van der Waals surface area contributed by atoms with Gasteiger partial charge in [-0.1, -0.05) is 35.9 Å². The summed E-state index contributed by atoms with van der Waals surface area (Å²) in [7, 11) is 0. The molecular formula is C17H19NO. The summed E-state index contributed by atoms with van der Waals surface area (Å²) in [5, 5.41) is 3.54. The van der Waals surface area contributed by atoms with Gasteiger partial charge in [0.2, 0.25) is 0 Å². The first-order valence-corrected chi connectivity index (χ1v) is 6.77. The molecule has 0 saturated carbocycles. The van der Waals surface area contributed by atoms with Crippen LogP contribution in [0.3, 0.4) is 0 Å². The Bertz CT molecular complexity index is 592. The summed E-state index contributed by atoms with van der Waals surface area (Å²) in [6.45, 7) is 5.96. The van der Waals surface area contributed by atoms with Gasteiger partial charge in [0.15, 0.2) is 0 Å². The molecule has 1 unspecified atom stereocenters. The number of hydrogen-bond donors (Lipinski definition) is 1. The standard InChI is InChI=1S/C17H19NO/c1-12-7-8-16(13(2)9-12)18-10-14-11-19-17-6-4-3-5-15(14)17/h3-9,14,18H,10-11H2,1-2H3. The van der Waals surface area contributed by atoms with Gasteiger partial charge in [-0.2, -0.15) is 0 Å². The summed E-state index contributed by atoms with van der Waals surface area (Å²) >= 11 is 0. The van der Waals surface area contributed by atoms with E-state index in [1.54, 1.807) is 0 Å². The minimum absolute atomic E-state index is 0.442. The molecular weight excluding hydrogens is 234 g/mol. The molecule has 19 heavy (non-hydrogen) atoms. The van der Waals surface area contributed by atoms with E-state index in [0.29, 0.717) is 5.92 Å². The molecule has 0 fully saturated rings. The first-order chi connectivity index (χ1) is 9.24. The van der Waals surface area contributed by atoms with Gasteiger partial charge in [0.25, 0.3) is 0 Å². The molecule has 0 radical (unpaired) electrons. The number of hydrogen-bond acceptors (Lipinski definition) is 2. The number of rotatable bonds is 3. The van der Waals surface area contributed by atoms with E-state index in [0.717, 1.165) is 18.9 Å². The highest BCUT2D eigenvalue weighted by molar-refractivity contribution is 5.52. The molecule has 2 nitrogen and oxygen atoms in total. The summed E-state index contributed by atoms with van der Waals surface area (Å²) in [5.41, 5.74) is 5.14. The van der Waals surface area contributed by atoms with Crippen LogP contribution in [0.2, 0.25) is 0 Å². The Kier molecular flexibility index (Phi) is 3.16. The lowest BCUT2D eigenvalue weighted by atomic mass is 10.0. The molecule has 2 aromatic carbocycles. The van der Waals surface area contributed by atoms with Crippen molar-refractivity contribution in [2.24, 2.45) is 0 Å². The molecule has 2 heteroatoms. The third-order valence-electron chi connectivity index (χ3n) is 3.72. The lowest BCUT2D eigenvalue weighted by Gasteiger charge is -2.14. The molecule has 1 heterocycles. The Morgan fingerprint density at radius 2 is 2.00 bits per heavy atom. The average Bonchev–Trinajstić information content (AvgIpc) is 2.81. The van der Waals surface area contributed by atoms with E-state index in [4.69, 9.17) is 4.74 Å². The number of para-hydroxylation sites is 1. The number of aryl methyl sites for hydroxylation is 2. The van der Waals surface area contributed by atoms with Crippen LogP contribution in [0, 0.1) is 13.8 Å². The van der Waals surface area contributed by atoms with Gasteiger partial charge in [-0.25, -0.2) is 0 Å². The van der Waals surface area contributed by atoms with E-state index >= 15 is 0 Å². The number of nitrogens with one attached hydrogen (secondary N) is 1. The fourth-order valence-corrected chi connectivity index (χ4v) is 2.64. The van der Waals surface area contributed by atoms with Crippen LogP contribution >= 0.6 is 0 Å². The maximum Gasteiger partial charge on any atom is 0.122 e. The summed E-state index contributed by atoms with van der Waals surface area (Å²) < 4.78 is 5.71. The molecule has 1 aliphatic rings. The van der Waals surface area contributed by atoms with E-state index in [2.05, 4.69) is 49.5 Å². The van der Waals surface area contributed by atoms with Gasteiger partial charge < -0.3 is 10.1 Å². The van der Waals surface area contributed by atoms with Crippen molar-refractivity contribution in [3.8, 4) is 5.75 Å². The smallest absolute Gasteiger partial charge is 0.122 e. The fraction of sp³-hybridized carbons (Fsp3) is 0.294. The molecule has 0 spiro atoms. The van der Waals surface area contributed by atoms with Crippen molar-refractivity contribution < 1.29 is 4.74 Å². The molecule has 0 aliphatic carbocycles. The quantitative estimate of drug-likeness (QED) is 0.896. The fourth-order valence-electron chi connectivity index (χ4n) is 2.64. The van der Waals surface area contributed by atoms with Crippen LogP contribution in [0.25, 0.3) is 0 Å². The average molecular weight is 253 g/mol. The molecule has 98 valence electrons.